The summed E-state index contributed by atoms with van der Waals surface area (Å²) in [5.41, 5.74) is 0.419. The van der Waals surface area contributed by atoms with Gasteiger partial charge in [-0.15, -0.1) is 0 Å². The van der Waals surface area contributed by atoms with Crippen LogP contribution in [-0.2, 0) is 9.59 Å². The van der Waals surface area contributed by atoms with Crippen molar-refractivity contribution < 1.29 is 51.3 Å². The number of carboxylic acids is 1. The van der Waals surface area contributed by atoms with Crippen LogP contribution in [0.4, 0.5) is 23.2 Å². The van der Waals surface area contributed by atoms with Gasteiger partial charge in [0.1, 0.15) is 11.4 Å². The smallest absolute Gasteiger partial charge is 0.490 e. The van der Waals surface area contributed by atoms with E-state index in [-0.39, 0.29) is 23.7 Å². The fraction of sp³-hybridized carbons (Fsp3) is 0.464. The third kappa shape index (κ3) is 7.77. The molecule has 3 N–H and O–H groups in total. The summed E-state index contributed by atoms with van der Waals surface area (Å²) in [6.07, 6.45) is -3.86. The van der Waals surface area contributed by atoms with Gasteiger partial charge in [0, 0.05) is 36.9 Å². The summed E-state index contributed by atoms with van der Waals surface area (Å²) in [5, 5.41) is 13.1. The van der Waals surface area contributed by atoms with Crippen molar-refractivity contribution in [3.63, 3.8) is 0 Å². The number of carboxylic acid groups (broad SMARTS) is 1. The minimum atomic E-state index is -5.08. The highest BCUT2D eigenvalue weighted by Gasteiger charge is 2.50. The van der Waals surface area contributed by atoms with Crippen LogP contribution in [0.5, 0.6) is 17.2 Å². The first-order valence-electron chi connectivity index (χ1n) is 13.2. The van der Waals surface area contributed by atoms with Crippen molar-refractivity contribution in [3.8, 4) is 17.2 Å². The lowest BCUT2D eigenvalue weighted by Crippen LogP contribution is -2.57. The van der Waals surface area contributed by atoms with Gasteiger partial charge in [-0.2, -0.15) is 13.2 Å². The van der Waals surface area contributed by atoms with E-state index in [1.165, 1.54) is 33.5 Å². The highest BCUT2D eigenvalue weighted by Crippen LogP contribution is 2.38. The van der Waals surface area contributed by atoms with Crippen LogP contribution in [0.15, 0.2) is 36.4 Å². The van der Waals surface area contributed by atoms with Crippen molar-refractivity contribution in [1.82, 2.24) is 15.5 Å². The maximum Gasteiger partial charge on any atom is 0.490 e. The van der Waals surface area contributed by atoms with Gasteiger partial charge >= 0.3 is 12.1 Å². The second-order valence-electron chi connectivity index (χ2n) is 10.00. The Bertz CT molecular complexity index is 1290. The summed E-state index contributed by atoms with van der Waals surface area (Å²) in [7, 11) is 4.52. The van der Waals surface area contributed by atoms with E-state index in [1.807, 2.05) is 17.9 Å². The van der Waals surface area contributed by atoms with Crippen molar-refractivity contribution in [2.45, 2.75) is 37.5 Å². The Balaban J connectivity index is 0.000000646. The molecule has 236 valence electrons. The summed E-state index contributed by atoms with van der Waals surface area (Å²) < 4.78 is 61.6. The zero-order chi connectivity index (χ0) is 31.9. The number of benzene rings is 2. The number of alkyl halides is 3. The normalized spacial score (nSPS) is 16.9. The van der Waals surface area contributed by atoms with E-state index in [0.29, 0.717) is 67.6 Å². The molecular formula is C28H34F4N4O7. The van der Waals surface area contributed by atoms with Crippen molar-refractivity contribution in [1.29, 1.82) is 0 Å². The number of nitrogens with zero attached hydrogens (tertiary/aromatic N) is 2. The Kier molecular flexibility index (Phi) is 10.7. The number of hydrogen-bond donors (Lipinski definition) is 3. The Morgan fingerprint density at radius 1 is 1.07 bits per heavy atom. The minimum Gasteiger partial charge on any atom is -0.493 e. The zero-order valence-electron chi connectivity index (χ0n) is 24.1. The first kappa shape index (κ1) is 33.2. The van der Waals surface area contributed by atoms with Crippen LogP contribution in [0, 0.1) is 5.82 Å². The predicted octanol–water partition coefficient (Wildman–Crippen LogP) is 3.03. The number of piperidine rings is 1. The predicted molar refractivity (Wildman–Crippen MR) is 147 cm³/mol. The summed E-state index contributed by atoms with van der Waals surface area (Å²) in [4.78, 5) is 38.9. The lowest BCUT2D eigenvalue weighted by Gasteiger charge is -2.43. The molecule has 0 saturated carbocycles. The van der Waals surface area contributed by atoms with Crippen molar-refractivity contribution in [2.75, 3.05) is 52.5 Å². The van der Waals surface area contributed by atoms with Gasteiger partial charge in [0.05, 0.1) is 28.0 Å². The van der Waals surface area contributed by atoms with Gasteiger partial charge in [-0.3, -0.25) is 9.59 Å². The fourth-order valence-electron chi connectivity index (χ4n) is 5.13. The number of hydrogen-bond acceptors (Lipinski definition) is 8. The quantitative estimate of drug-likeness (QED) is 0.385. The van der Waals surface area contributed by atoms with Crippen molar-refractivity contribution in [3.05, 3.63) is 47.8 Å². The Labute approximate surface area is 245 Å². The molecule has 2 heterocycles. The van der Waals surface area contributed by atoms with Crippen LogP contribution < -0.4 is 29.7 Å². The van der Waals surface area contributed by atoms with Crippen LogP contribution in [0.25, 0.3) is 0 Å². The van der Waals surface area contributed by atoms with Crippen LogP contribution >= 0.6 is 0 Å². The lowest BCUT2D eigenvalue weighted by molar-refractivity contribution is -0.192. The minimum absolute atomic E-state index is 0.0184. The topological polar surface area (TPSA) is 130 Å². The van der Waals surface area contributed by atoms with Gasteiger partial charge in [0.25, 0.3) is 5.91 Å². The molecule has 2 aromatic rings. The molecule has 0 aromatic heterocycles. The van der Waals surface area contributed by atoms with Crippen molar-refractivity contribution >= 4 is 23.5 Å². The number of amides is 2. The number of carbonyl (C=O) groups excluding carboxylic acids is 2. The summed E-state index contributed by atoms with van der Waals surface area (Å²) >= 11 is 0. The number of ether oxygens (including phenoxy) is 3. The molecule has 2 saturated heterocycles. The molecule has 1 atom stereocenters. The molecule has 0 radical (unpaired) electrons. The lowest BCUT2D eigenvalue weighted by atomic mass is 9.85. The first-order chi connectivity index (χ1) is 20.2. The van der Waals surface area contributed by atoms with Gasteiger partial charge < -0.3 is 39.8 Å². The zero-order valence-corrected chi connectivity index (χ0v) is 24.1. The molecule has 15 heteroatoms. The summed E-state index contributed by atoms with van der Waals surface area (Å²) in [6, 6.07) is 9.46. The average Bonchev–Trinajstić information content (AvgIpc) is 3.27. The van der Waals surface area contributed by atoms with E-state index in [2.05, 4.69) is 15.5 Å². The SMILES string of the molecule is COc1cc(C(=O)N[C@@H](C)CN2CCC3(CC2)C(=O)NCN3c2cccc(F)c2)cc(OC)c1OC.O=C(O)C(F)(F)F. The maximum absolute atomic E-state index is 13.8. The first-order valence-corrected chi connectivity index (χ1v) is 13.2. The molecule has 0 unspecified atom stereocenters. The molecule has 2 aromatic carbocycles. The Hall–Kier alpha value is -4.27. The number of carbonyl (C=O) groups is 3. The van der Waals surface area contributed by atoms with E-state index in [0.717, 1.165) is 0 Å². The third-order valence-electron chi connectivity index (χ3n) is 7.22. The highest BCUT2D eigenvalue weighted by molar-refractivity contribution is 5.96. The van der Waals surface area contributed by atoms with Gasteiger partial charge in [-0.25, -0.2) is 9.18 Å². The summed E-state index contributed by atoms with van der Waals surface area (Å²) in [6.45, 7) is 4.31. The van der Waals surface area contributed by atoms with Gasteiger partial charge in [0.2, 0.25) is 11.7 Å². The van der Waals surface area contributed by atoms with Crippen LogP contribution in [0.3, 0.4) is 0 Å². The molecule has 0 bridgehead atoms. The molecule has 43 heavy (non-hydrogen) atoms. The van der Waals surface area contributed by atoms with Crippen LogP contribution in [0.2, 0.25) is 0 Å². The number of anilines is 1. The highest BCUT2D eigenvalue weighted by atomic mass is 19.4. The molecule has 0 aliphatic carbocycles. The van der Waals surface area contributed by atoms with Gasteiger partial charge in [0.15, 0.2) is 11.5 Å². The standard InChI is InChI=1S/C26H33FN4O5.C2HF3O2/c1-17(29-24(32)18-12-21(34-2)23(36-4)22(13-18)35-3)15-30-10-8-26(9-11-30)25(33)28-16-31(26)20-7-5-6-19(27)14-20;3-2(4,5)1(6)7/h5-7,12-14,17H,8-11,15-16H2,1-4H3,(H,28,33)(H,29,32);(H,6,7)/t17-;/m0./s1. The number of methoxy groups -OCH3 is 3. The molecular weight excluding hydrogens is 580 g/mol. The number of likely N-dealkylation sites (tertiary alicyclic amines) is 1. The van der Waals surface area contributed by atoms with Gasteiger partial charge in [-0.1, -0.05) is 6.07 Å². The molecule has 2 fully saturated rings. The van der Waals surface area contributed by atoms with Crippen molar-refractivity contribution in [2.24, 2.45) is 0 Å². The number of nitrogens with one attached hydrogen (secondary N) is 2. The molecule has 2 aliphatic rings. The Morgan fingerprint density at radius 3 is 2.14 bits per heavy atom. The number of halogens is 4. The van der Waals surface area contributed by atoms with Gasteiger partial charge in [-0.05, 0) is 50.1 Å². The average molecular weight is 615 g/mol. The molecule has 1 spiro atoms. The van der Waals surface area contributed by atoms with Crippen LogP contribution in [-0.4, -0.2) is 93.2 Å². The molecule has 4 rings (SSSR count). The van der Waals surface area contributed by atoms with E-state index in [9.17, 15) is 27.2 Å². The summed E-state index contributed by atoms with van der Waals surface area (Å²) in [5.74, 6) is -2.10. The fourth-order valence-corrected chi connectivity index (χ4v) is 5.13. The van der Waals surface area contributed by atoms with E-state index < -0.39 is 17.7 Å². The maximum atomic E-state index is 13.8. The Morgan fingerprint density at radius 2 is 1.65 bits per heavy atom. The molecule has 2 aliphatic heterocycles. The molecule has 2 amide bonds. The van der Waals surface area contributed by atoms with E-state index >= 15 is 0 Å². The second-order valence-corrected chi connectivity index (χ2v) is 10.00. The number of aliphatic carboxylic acids is 1. The second kappa shape index (κ2) is 13.8. The van der Waals surface area contributed by atoms with E-state index in [4.69, 9.17) is 24.1 Å². The molecule has 11 nitrogen and oxygen atoms in total. The largest absolute Gasteiger partial charge is 0.493 e. The monoisotopic (exact) mass is 614 g/mol. The number of rotatable bonds is 8. The van der Waals surface area contributed by atoms with Crippen LogP contribution in [0.1, 0.15) is 30.1 Å². The third-order valence-corrected chi connectivity index (χ3v) is 7.22. The van der Waals surface area contributed by atoms with E-state index in [1.54, 1.807) is 18.2 Å².